The summed E-state index contributed by atoms with van der Waals surface area (Å²) in [6.45, 7) is 3.45. The van der Waals surface area contributed by atoms with Crippen LogP contribution in [0, 0.1) is 0 Å². The highest BCUT2D eigenvalue weighted by Crippen LogP contribution is 2.34. The van der Waals surface area contributed by atoms with E-state index in [1.54, 1.807) is 32.4 Å². The van der Waals surface area contributed by atoms with Crippen LogP contribution >= 0.6 is 0 Å². The number of anilines is 4. The molecule has 1 saturated heterocycles. The third-order valence-corrected chi connectivity index (χ3v) is 6.31. The van der Waals surface area contributed by atoms with Crippen LogP contribution in [0.3, 0.4) is 0 Å². The van der Waals surface area contributed by atoms with E-state index in [1.165, 1.54) is 11.0 Å². The fraction of sp³-hybridized carbons (Fsp3) is 0.292. The van der Waals surface area contributed by atoms with Crippen molar-refractivity contribution in [2.24, 2.45) is 5.73 Å². The largest absolute Gasteiger partial charge is 0.493 e. The number of carbonyl (C=O) groups excluding carboxylic acids is 1. The highest BCUT2D eigenvalue weighted by molar-refractivity contribution is 6.00. The van der Waals surface area contributed by atoms with Crippen LogP contribution in [0.15, 0.2) is 36.7 Å². The highest BCUT2D eigenvalue weighted by Gasteiger charge is 2.21. The first-order chi connectivity index (χ1) is 17.9. The summed E-state index contributed by atoms with van der Waals surface area (Å²) in [7, 11) is 5.18. The molecule has 0 unspecified atom stereocenters. The summed E-state index contributed by atoms with van der Waals surface area (Å²) >= 11 is 0. The van der Waals surface area contributed by atoms with Crippen LogP contribution in [0.1, 0.15) is 10.4 Å². The normalized spacial score (nSPS) is 14.1. The molecule has 5 rings (SSSR count). The van der Waals surface area contributed by atoms with Crippen molar-refractivity contribution in [3.8, 4) is 17.3 Å². The predicted octanol–water partition coefficient (Wildman–Crippen LogP) is 1.40. The number of amides is 1. The van der Waals surface area contributed by atoms with Crippen molar-refractivity contribution in [2.75, 3.05) is 63.4 Å². The summed E-state index contributed by atoms with van der Waals surface area (Å²) < 4.78 is 12.2. The first-order valence-electron chi connectivity index (χ1n) is 11.6. The van der Waals surface area contributed by atoms with Crippen molar-refractivity contribution in [3.63, 3.8) is 0 Å². The Balaban J connectivity index is 1.46. The Kier molecular flexibility index (Phi) is 6.36. The second-order valence-corrected chi connectivity index (χ2v) is 8.64. The van der Waals surface area contributed by atoms with E-state index in [1.807, 2.05) is 12.1 Å². The van der Waals surface area contributed by atoms with E-state index in [0.29, 0.717) is 39.5 Å². The molecule has 2 aromatic carbocycles. The lowest BCUT2D eigenvalue weighted by Gasteiger charge is -2.35. The number of rotatable bonds is 7. The van der Waals surface area contributed by atoms with E-state index in [0.717, 1.165) is 31.9 Å². The topological polar surface area (TPSA) is 163 Å². The standard InChI is InChI=1S/C24H28N10O3/c1-32-6-8-33(9-7-32)18-5-4-14(10-16(18)21(25)35)29-24-30-23(26)34(31-24)22-15-11-19(36-2)20(37-3)12-17(15)27-13-28-22/h4-5,10-13H,6-9H2,1-3H3,(H2,25,35)(H3,26,29,30,31). The molecule has 13 heteroatoms. The number of fused-ring (bicyclic) bond motifs is 1. The Morgan fingerprint density at radius 2 is 1.76 bits per heavy atom. The maximum Gasteiger partial charge on any atom is 0.250 e. The van der Waals surface area contributed by atoms with Crippen molar-refractivity contribution >= 4 is 40.1 Å². The third-order valence-electron chi connectivity index (χ3n) is 6.31. The number of likely N-dealkylation sites (N-methyl/N-ethyl adjacent to an activating group) is 1. The van der Waals surface area contributed by atoms with Crippen LogP contribution in [0.2, 0.25) is 0 Å². The number of benzene rings is 2. The monoisotopic (exact) mass is 504 g/mol. The van der Waals surface area contributed by atoms with E-state index in [4.69, 9.17) is 20.9 Å². The molecule has 4 aromatic rings. The van der Waals surface area contributed by atoms with Gasteiger partial charge in [-0.15, -0.1) is 5.10 Å². The summed E-state index contributed by atoms with van der Waals surface area (Å²) in [6.07, 6.45) is 1.41. The molecule has 0 aliphatic carbocycles. The maximum absolute atomic E-state index is 12.3. The van der Waals surface area contributed by atoms with Gasteiger partial charge in [0.1, 0.15) is 6.33 Å². The molecule has 0 radical (unpaired) electrons. The Bertz CT molecular complexity index is 1460. The van der Waals surface area contributed by atoms with Gasteiger partial charge >= 0.3 is 0 Å². The number of hydrogen-bond donors (Lipinski definition) is 3. The van der Waals surface area contributed by atoms with E-state index in [2.05, 4.69) is 42.2 Å². The molecule has 37 heavy (non-hydrogen) atoms. The van der Waals surface area contributed by atoms with Crippen LogP contribution in [-0.4, -0.2) is 83.0 Å². The number of aromatic nitrogens is 5. The van der Waals surface area contributed by atoms with Crippen LogP contribution < -0.4 is 31.2 Å². The molecule has 2 aromatic heterocycles. The number of piperazine rings is 1. The van der Waals surface area contributed by atoms with Crippen molar-refractivity contribution in [3.05, 3.63) is 42.2 Å². The van der Waals surface area contributed by atoms with Crippen LogP contribution in [-0.2, 0) is 0 Å². The van der Waals surface area contributed by atoms with Gasteiger partial charge in [-0.1, -0.05) is 0 Å². The number of primary amides is 1. The molecule has 192 valence electrons. The molecule has 0 saturated carbocycles. The third kappa shape index (κ3) is 4.63. The molecule has 3 heterocycles. The first-order valence-corrected chi connectivity index (χ1v) is 11.6. The second-order valence-electron chi connectivity index (χ2n) is 8.64. The maximum atomic E-state index is 12.3. The minimum atomic E-state index is -0.507. The van der Waals surface area contributed by atoms with Crippen molar-refractivity contribution in [1.82, 2.24) is 29.6 Å². The number of methoxy groups -OCH3 is 2. The molecule has 0 spiro atoms. The number of nitrogens with two attached hydrogens (primary N) is 2. The Morgan fingerprint density at radius 1 is 1.03 bits per heavy atom. The SMILES string of the molecule is COc1cc2ncnc(-n3nc(Nc4ccc(N5CCN(C)CC5)c(C(N)=O)c4)nc3N)c2cc1OC. The average Bonchev–Trinajstić information content (AvgIpc) is 3.27. The van der Waals surface area contributed by atoms with Gasteiger partial charge in [-0.05, 0) is 31.3 Å². The van der Waals surface area contributed by atoms with Gasteiger partial charge < -0.3 is 36.1 Å². The van der Waals surface area contributed by atoms with Gasteiger partial charge in [0.05, 0.1) is 25.3 Å². The molecule has 1 aliphatic heterocycles. The lowest BCUT2D eigenvalue weighted by molar-refractivity contribution is 0.100. The Morgan fingerprint density at radius 3 is 2.46 bits per heavy atom. The smallest absolute Gasteiger partial charge is 0.250 e. The zero-order chi connectivity index (χ0) is 26.1. The summed E-state index contributed by atoms with van der Waals surface area (Å²) in [4.78, 5) is 29.7. The molecule has 5 N–H and O–H groups in total. The summed E-state index contributed by atoms with van der Waals surface area (Å²) in [5.74, 6) is 1.31. The highest BCUT2D eigenvalue weighted by atomic mass is 16.5. The number of nitrogens with zero attached hydrogens (tertiary/aromatic N) is 7. The van der Waals surface area contributed by atoms with E-state index in [9.17, 15) is 4.79 Å². The lowest BCUT2D eigenvalue weighted by atomic mass is 10.1. The van der Waals surface area contributed by atoms with Gasteiger partial charge in [0.25, 0.3) is 5.91 Å². The van der Waals surface area contributed by atoms with Crippen molar-refractivity contribution < 1.29 is 14.3 Å². The quantitative estimate of drug-likeness (QED) is 0.333. The summed E-state index contributed by atoms with van der Waals surface area (Å²) in [5, 5.41) is 8.25. The van der Waals surface area contributed by atoms with Gasteiger partial charge in [-0.25, -0.2) is 9.97 Å². The number of nitrogens with one attached hydrogen (secondary N) is 1. The molecule has 1 aliphatic rings. The minimum Gasteiger partial charge on any atom is -0.493 e. The van der Waals surface area contributed by atoms with Gasteiger partial charge in [0, 0.05) is 49.0 Å². The summed E-state index contributed by atoms with van der Waals surface area (Å²) in [5.41, 5.74) is 14.4. The number of carbonyl (C=O) groups is 1. The molecule has 13 nitrogen and oxygen atoms in total. The zero-order valence-electron chi connectivity index (χ0n) is 20.8. The fourth-order valence-corrected chi connectivity index (χ4v) is 4.33. The van der Waals surface area contributed by atoms with Crippen molar-refractivity contribution in [1.29, 1.82) is 0 Å². The lowest BCUT2D eigenvalue weighted by Crippen LogP contribution is -2.45. The number of hydrogen-bond acceptors (Lipinski definition) is 11. The second kappa shape index (κ2) is 9.78. The molecular formula is C24H28N10O3. The minimum absolute atomic E-state index is 0.112. The van der Waals surface area contributed by atoms with Gasteiger partial charge in [0.15, 0.2) is 17.3 Å². The summed E-state index contributed by atoms with van der Waals surface area (Å²) in [6, 6.07) is 8.94. The fourth-order valence-electron chi connectivity index (χ4n) is 4.33. The molecule has 1 amide bonds. The first kappa shape index (κ1) is 24.1. The Labute approximate surface area is 213 Å². The molecule has 1 fully saturated rings. The predicted molar refractivity (Wildman–Crippen MR) is 140 cm³/mol. The zero-order valence-corrected chi connectivity index (χ0v) is 20.8. The molecule has 0 bridgehead atoms. The van der Waals surface area contributed by atoms with E-state index in [-0.39, 0.29) is 11.9 Å². The van der Waals surface area contributed by atoms with Gasteiger partial charge in [0.2, 0.25) is 11.9 Å². The Hall–Kier alpha value is -4.65. The van der Waals surface area contributed by atoms with Crippen molar-refractivity contribution in [2.45, 2.75) is 0 Å². The average molecular weight is 505 g/mol. The number of nitrogen functional groups attached to an aromatic ring is 1. The van der Waals surface area contributed by atoms with Crippen LogP contribution in [0.5, 0.6) is 11.5 Å². The van der Waals surface area contributed by atoms with E-state index >= 15 is 0 Å². The van der Waals surface area contributed by atoms with Gasteiger partial charge in [-0.2, -0.15) is 9.67 Å². The van der Waals surface area contributed by atoms with E-state index < -0.39 is 5.91 Å². The number of ether oxygens (including phenoxy) is 2. The van der Waals surface area contributed by atoms with Gasteiger partial charge in [-0.3, -0.25) is 4.79 Å². The van der Waals surface area contributed by atoms with Crippen LogP contribution in [0.4, 0.5) is 23.3 Å². The molecular weight excluding hydrogens is 476 g/mol. The molecule has 0 atom stereocenters. The van der Waals surface area contributed by atoms with Crippen LogP contribution in [0.25, 0.3) is 16.7 Å².